The third-order valence-electron chi connectivity index (χ3n) is 2.38. The quantitative estimate of drug-likeness (QED) is 0.449. The van der Waals surface area contributed by atoms with Crippen molar-refractivity contribution in [1.82, 2.24) is 0 Å². The molecular formula is C14H23NSi. The molecule has 0 spiro atoms. The van der Waals surface area contributed by atoms with Gasteiger partial charge in [-0.3, -0.25) is 4.99 Å². The lowest BCUT2D eigenvalue weighted by atomic mass is 9.76. The van der Waals surface area contributed by atoms with Crippen LogP contribution in [0.15, 0.2) is 16.6 Å². The highest BCUT2D eigenvalue weighted by Crippen LogP contribution is 2.31. The molecule has 0 bridgehead atoms. The Morgan fingerprint density at radius 1 is 1.44 bits per heavy atom. The number of hydrogen-bond donors (Lipinski definition) is 0. The fourth-order valence-electron chi connectivity index (χ4n) is 1.52. The molecule has 16 heavy (non-hydrogen) atoms. The van der Waals surface area contributed by atoms with Crippen molar-refractivity contribution in [1.29, 1.82) is 0 Å². The number of allylic oxidation sites excluding steroid dienone is 1. The fraction of sp³-hybridized carbons (Fsp3) is 0.643. The molecule has 1 unspecified atom stereocenters. The van der Waals surface area contributed by atoms with Crippen LogP contribution in [0.25, 0.3) is 0 Å². The second-order valence-electron chi connectivity index (χ2n) is 6.43. The molecule has 0 aliphatic carbocycles. The van der Waals surface area contributed by atoms with Gasteiger partial charge in [0, 0.05) is 17.7 Å². The predicted octanol–water partition coefficient (Wildman–Crippen LogP) is 3.54. The molecule has 2 heteroatoms. The lowest BCUT2D eigenvalue weighted by Crippen LogP contribution is -2.26. The first-order chi connectivity index (χ1) is 7.61. The van der Waals surface area contributed by atoms with E-state index in [-0.39, 0.29) is 11.3 Å². The van der Waals surface area contributed by atoms with Gasteiger partial charge in [-0.2, -0.15) is 0 Å². The largest absolute Gasteiger partial charge is 0.293 e. The van der Waals surface area contributed by atoms with Crippen molar-refractivity contribution < 1.29 is 1.37 Å². The van der Waals surface area contributed by atoms with Gasteiger partial charge in [0.2, 0.25) is 0 Å². The Morgan fingerprint density at radius 2 is 2.06 bits per heavy atom. The van der Waals surface area contributed by atoms with Crippen LogP contribution in [0, 0.1) is 22.8 Å². The first-order valence-corrected chi connectivity index (χ1v) is 9.35. The molecule has 1 aliphatic rings. The lowest BCUT2D eigenvalue weighted by molar-refractivity contribution is 0.356. The molecule has 0 aromatic heterocycles. The summed E-state index contributed by atoms with van der Waals surface area (Å²) in [6.45, 7) is 13.8. The van der Waals surface area contributed by atoms with Crippen LogP contribution in [0.1, 0.15) is 22.1 Å². The van der Waals surface area contributed by atoms with E-state index in [9.17, 15) is 0 Å². The van der Waals surface area contributed by atoms with Gasteiger partial charge in [-0.15, -0.1) is 5.54 Å². The molecular weight excluding hydrogens is 210 g/mol. The zero-order valence-corrected chi connectivity index (χ0v) is 12.3. The maximum atomic E-state index is 8.00. The summed E-state index contributed by atoms with van der Waals surface area (Å²) in [5.74, 6) is 3.38. The molecule has 0 amide bonds. The van der Waals surface area contributed by atoms with Crippen LogP contribution >= 0.6 is 0 Å². The number of aliphatic imine (C=N–C) groups is 1. The standard InChI is InChI=1S/C14H23NSi/c1-14(2,3)13-11-15-9-7-12(13)8-10-16(4,5)6/h7,11,13H,9H2,1-6H3/i11D. The van der Waals surface area contributed by atoms with Crippen LogP contribution in [-0.2, 0) is 0 Å². The van der Waals surface area contributed by atoms with E-state index >= 15 is 0 Å². The molecule has 0 fully saturated rings. The molecule has 0 N–H and O–H groups in total. The molecule has 1 atom stereocenters. The SMILES string of the molecule is [2H]C1=NCC=C(C#C[Si](C)(C)C)C1C(C)(C)C. The molecule has 0 aromatic carbocycles. The van der Waals surface area contributed by atoms with Crippen molar-refractivity contribution in [2.45, 2.75) is 40.4 Å². The Kier molecular flexibility index (Phi) is 3.35. The third kappa shape index (κ3) is 3.98. The minimum absolute atomic E-state index is 0.0148. The minimum atomic E-state index is -1.35. The summed E-state index contributed by atoms with van der Waals surface area (Å²) < 4.78 is 8.00. The van der Waals surface area contributed by atoms with Crippen molar-refractivity contribution in [2.24, 2.45) is 16.3 Å². The van der Waals surface area contributed by atoms with Crippen molar-refractivity contribution in [3.63, 3.8) is 0 Å². The number of nitrogens with zero attached hydrogens (tertiary/aromatic N) is 1. The average Bonchev–Trinajstić information content (AvgIpc) is 2.11. The molecule has 1 heterocycles. The van der Waals surface area contributed by atoms with Gasteiger partial charge in [-0.25, -0.2) is 0 Å². The summed E-state index contributed by atoms with van der Waals surface area (Å²) in [5.41, 5.74) is 4.51. The van der Waals surface area contributed by atoms with E-state index in [2.05, 4.69) is 62.9 Å². The van der Waals surface area contributed by atoms with E-state index in [0.717, 1.165) is 5.57 Å². The van der Waals surface area contributed by atoms with E-state index in [4.69, 9.17) is 1.37 Å². The number of dihydropyridines is 1. The van der Waals surface area contributed by atoms with Crippen LogP contribution in [0.5, 0.6) is 0 Å². The average molecular weight is 234 g/mol. The third-order valence-corrected chi connectivity index (χ3v) is 3.26. The van der Waals surface area contributed by atoms with Crippen LogP contribution in [0.4, 0.5) is 0 Å². The van der Waals surface area contributed by atoms with E-state index < -0.39 is 8.07 Å². The van der Waals surface area contributed by atoms with Crippen LogP contribution in [0.3, 0.4) is 0 Å². The Hall–Kier alpha value is -0.813. The van der Waals surface area contributed by atoms with Gasteiger partial charge in [-0.1, -0.05) is 52.4 Å². The normalized spacial score (nSPS) is 22.6. The second kappa shape index (κ2) is 4.59. The molecule has 0 radical (unpaired) electrons. The highest BCUT2D eigenvalue weighted by molar-refractivity contribution is 6.83. The molecule has 1 aliphatic heterocycles. The maximum Gasteiger partial charge on any atom is 0.129 e. The summed E-state index contributed by atoms with van der Waals surface area (Å²) >= 11 is 0. The molecule has 0 saturated carbocycles. The molecule has 88 valence electrons. The van der Waals surface area contributed by atoms with Crippen LogP contribution in [0.2, 0.25) is 19.6 Å². The summed E-state index contributed by atoms with van der Waals surface area (Å²) in [5, 5.41) is 0. The first kappa shape index (κ1) is 11.7. The van der Waals surface area contributed by atoms with Gasteiger partial charge < -0.3 is 0 Å². The topological polar surface area (TPSA) is 12.4 Å². The first-order valence-electron chi connectivity index (χ1n) is 6.35. The molecule has 1 rings (SSSR count). The van der Waals surface area contributed by atoms with Gasteiger partial charge in [0.25, 0.3) is 0 Å². The van der Waals surface area contributed by atoms with E-state index in [1.165, 1.54) is 0 Å². The monoisotopic (exact) mass is 234 g/mol. The molecule has 0 aromatic rings. The Balaban J connectivity index is 3.05. The predicted molar refractivity (Wildman–Crippen MR) is 75.5 cm³/mol. The Morgan fingerprint density at radius 3 is 2.56 bits per heavy atom. The zero-order valence-electron chi connectivity index (χ0n) is 12.3. The van der Waals surface area contributed by atoms with E-state index in [0.29, 0.717) is 12.7 Å². The van der Waals surface area contributed by atoms with Gasteiger partial charge in [0.15, 0.2) is 0 Å². The van der Waals surface area contributed by atoms with Gasteiger partial charge in [-0.05, 0) is 5.41 Å². The van der Waals surface area contributed by atoms with Crippen molar-refractivity contribution in [3.05, 3.63) is 11.6 Å². The summed E-state index contributed by atoms with van der Waals surface area (Å²) in [7, 11) is -1.35. The summed E-state index contributed by atoms with van der Waals surface area (Å²) in [6.07, 6.45) is 2.57. The summed E-state index contributed by atoms with van der Waals surface area (Å²) in [4.78, 5) is 4.22. The van der Waals surface area contributed by atoms with E-state index in [1.807, 2.05) is 0 Å². The minimum Gasteiger partial charge on any atom is -0.293 e. The van der Waals surface area contributed by atoms with Crippen LogP contribution < -0.4 is 0 Å². The Labute approximate surface area is 102 Å². The fourth-order valence-corrected chi connectivity index (χ4v) is 2.04. The van der Waals surface area contributed by atoms with Gasteiger partial charge in [0.1, 0.15) is 8.07 Å². The van der Waals surface area contributed by atoms with Crippen LogP contribution in [-0.4, -0.2) is 20.8 Å². The number of hydrogen-bond acceptors (Lipinski definition) is 1. The van der Waals surface area contributed by atoms with Crippen molar-refractivity contribution in [3.8, 4) is 11.5 Å². The van der Waals surface area contributed by atoms with E-state index in [1.54, 1.807) is 0 Å². The number of rotatable bonds is 0. The highest BCUT2D eigenvalue weighted by Gasteiger charge is 2.27. The highest BCUT2D eigenvalue weighted by atomic mass is 28.3. The molecule has 1 nitrogen and oxygen atoms in total. The summed E-state index contributed by atoms with van der Waals surface area (Å²) in [6, 6.07) is 0. The molecule has 0 saturated heterocycles. The maximum absolute atomic E-state index is 8.00. The van der Waals surface area contributed by atoms with Crippen molar-refractivity contribution in [2.75, 3.05) is 6.54 Å². The lowest BCUT2D eigenvalue weighted by Gasteiger charge is -2.29. The van der Waals surface area contributed by atoms with Crippen molar-refractivity contribution >= 4 is 14.3 Å². The van der Waals surface area contributed by atoms with Gasteiger partial charge >= 0.3 is 0 Å². The second-order valence-corrected chi connectivity index (χ2v) is 11.2. The zero-order chi connectivity index (χ0) is 13.3. The Bertz CT molecular complexity index is 410. The van der Waals surface area contributed by atoms with Gasteiger partial charge in [0.05, 0.1) is 7.92 Å². The smallest absolute Gasteiger partial charge is 0.129 e.